The highest BCUT2D eigenvalue weighted by Crippen LogP contribution is 2.13. The van der Waals surface area contributed by atoms with Crippen molar-refractivity contribution in [2.24, 2.45) is 5.92 Å². The fourth-order valence-electron chi connectivity index (χ4n) is 1.16. The summed E-state index contributed by atoms with van der Waals surface area (Å²) in [6.07, 6.45) is 0.233. The Morgan fingerprint density at radius 3 is 2.47 bits per heavy atom. The molecule has 1 unspecified atom stereocenters. The van der Waals surface area contributed by atoms with Gasteiger partial charge < -0.3 is 10.5 Å². The van der Waals surface area contributed by atoms with Crippen LogP contribution in [0.4, 0.5) is 0 Å². The third-order valence-corrected chi connectivity index (χ3v) is 2.38. The van der Waals surface area contributed by atoms with Gasteiger partial charge in [0.25, 0.3) is 0 Å². The molecule has 0 heterocycles. The van der Waals surface area contributed by atoms with Crippen LogP contribution in [0.5, 0.6) is 0 Å². The van der Waals surface area contributed by atoms with Crippen molar-refractivity contribution in [3.8, 4) is 0 Å². The molecule has 0 aliphatic carbocycles. The lowest BCUT2D eigenvalue weighted by molar-refractivity contribution is -0.140. The minimum Gasteiger partial charge on any atom is -0.481 e. The molecule has 2 N–H and O–H groups in total. The van der Waals surface area contributed by atoms with Gasteiger partial charge in [-0.3, -0.25) is 4.79 Å². The van der Waals surface area contributed by atoms with E-state index in [4.69, 9.17) is 22.1 Å². The van der Waals surface area contributed by atoms with Gasteiger partial charge in [0.05, 0.1) is 5.92 Å². The molecule has 0 aliphatic heterocycles. The van der Waals surface area contributed by atoms with Gasteiger partial charge in [-0.15, -0.1) is 0 Å². The molecule has 3 nitrogen and oxygen atoms in total. The van der Waals surface area contributed by atoms with Crippen LogP contribution in [0.1, 0.15) is 18.9 Å². The lowest BCUT2D eigenvalue weighted by Gasteiger charge is -2.07. The second-order valence-corrected chi connectivity index (χ2v) is 3.87. The standard InChI is InChI=1S/C11H12ClNO2/c1-7(11(14)15)6-10(13)8-2-4-9(12)5-3-8/h2-5,7,13H,6H2,1H3,(H,14,15). The second-order valence-electron chi connectivity index (χ2n) is 3.43. The summed E-state index contributed by atoms with van der Waals surface area (Å²) in [6, 6.07) is 6.83. The number of hydrogen-bond acceptors (Lipinski definition) is 2. The quantitative estimate of drug-likeness (QED) is 0.774. The zero-order valence-corrected chi connectivity index (χ0v) is 9.08. The Morgan fingerprint density at radius 2 is 2.00 bits per heavy atom. The van der Waals surface area contributed by atoms with E-state index in [-0.39, 0.29) is 6.42 Å². The van der Waals surface area contributed by atoms with Crippen molar-refractivity contribution in [2.75, 3.05) is 0 Å². The number of carboxylic acids is 1. The Balaban J connectivity index is 2.69. The Morgan fingerprint density at radius 1 is 1.47 bits per heavy atom. The molecule has 80 valence electrons. The predicted molar refractivity (Wildman–Crippen MR) is 59.7 cm³/mol. The van der Waals surface area contributed by atoms with Crippen molar-refractivity contribution < 1.29 is 9.90 Å². The highest BCUT2D eigenvalue weighted by atomic mass is 35.5. The lowest BCUT2D eigenvalue weighted by Crippen LogP contribution is -2.14. The van der Waals surface area contributed by atoms with Gasteiger partial charge in [0.2, 0.25) is 0 Å². The molecule has 15 heavy (non-hydrogen) atoms. The summed E-state index contributed by atoms with van der Waals surface area (Å²) in [5, 5.41) is 17.0. The molecule has 0 spiro atoms. The third-order valence-electron chi connectivity index (χ3n) is 2.12. The maximum atomic E-state index is 10.6. The number of rotatable bonds is 4. The number of nitrogens with one attached hydrogen (secondary N) is 1. The Kier molecular flexibility index (Phi) is 3.86. The van der Waals surface area contributed by atoms with Crippen molar-refractivity contribution in [1.29, 1.82) is 5.41 Å². The van der Waals surface area contributed by atoms with E-state index in [0.29, 0.717) is 16.3 Å². The molecule has 0 aromatic heterocycles. The Hall–Kier alpha value is -1.35. The minimum absolute atomic E-state index is 0.233. The zero-order valence-electron chi connectivity index (χ0n) is 8.33. The second kappa shape index (κ2) is 4.94. The molecule has 0 saturated carbocycles. The van der Waals surface area contributed by atoms with Crippen LogP contribution in [0.25, 0.3) is 0 Å². The molecule has 1 rings (SSSR count). The van der Waals surface area contributed by atoms with Crippen LogP contribution in [0.3, 0.4) is 0 Å². The van der Waals surface area contributed by atoms with E-state index in [9.17, 15) is 4.79 Å². The van der Waals surface area contributed by atoms with Gasteiger partial charge in [-0.2, -0.15) is 0 Å². The van der Waals surface area contributed by atoms with Crippen LogP contribution in [0.2, 0.25) is 5.02 Å². The first-order chi connectivity index (χ1) is 7.00. The third kappa shape index (κ3) is 3.36. The topological polar surface area (TPSA) is 61.2 Å². The van der Waals surface area contributed by atoms with Crippen LogP contribution >= 0.6 is 11.6 Å². The van der Waals surface area contributed by atoms with E-state index < -0.39 is 11.9 Å². The number of aliphatic carboxylic acids is 1. The van der Waals surface area contributed by atoms with Gasteiger partial charge in [-0.1, -0.05) is 30.7 Å². The predicted octanol–water partition coefficient (Wildman–Crippen LogP) is 2.82. The van der Waals surface area contributed by atoms with Gasteiger partial charge in [0, 0.05) is 17.2 Å². The average Bonchev–Trinajstić information content (AvgIpc) is 2.18. The smallest absolute Gasteiger partial charge is 0.306 e. The van der Waals surface area contributed by atoms with Gasteiger partial charge in [-0.05, 0) is 17.7 Å². The van der Waals surface area contributed by atoms with Crippen LogP contribution < -0.4 is 0 Å². The monoisotopic (exact) mass is 225 g/mol. The molecule has 0 saturated heterocycles. The van der Waals surface area contributed by atoms with Gasteiger partial charge in [0.1, 0.15) is 0 Å². The molecule has 1 aromatic rings. The summed E-state index contributed by atoms with van der Waals surface area (Å²) in [7, 11) is 0. The zero-order chi connectivity index (χ0) is 11.4. The molecule has 0 bridgehead atoms. The first-order valence-electron chi connectivity index (χ1n) is 4.57. The molecule has 1 aromatic carbocycles. The fourth-order valence-corrected chi connectivity index (χ4v) is 1.29. The number of hydrogen-bond donors (Lipinski definition) is 2. The molecular formula is C11H12ClNO2. The first kappa shape index (κ1) is 11.7. The van der Waals surface area contributed by atoms with Crippen LogP contribution in [-0.2, 0) is 4.79 Å². The summed E-state index contributed by atoms with van der Waals surface area (Å²) < 4.78 is 0. The largest absolute Gasteiger partial charge is 0.481 e. The normalized spacial score (nSPS) is 12.1. The van der Waals surface area contributed by atoms with Crippen molar-refractivity contribution in [2.45, 2.75) is 13.3 Å². The SMILES string of the molecule is CC(CC(=N)c1ccc(Cl)cc1)C(=O)O. The molecule has 0 fully saturated rings. The number of carboxylic acid groups (broad SMARTS) is 1. The first-order valence-corrected chi connectivity index (χ1v) is 4.94. The Labute approximate surface area is 93.2 Å². The van der Waals surface area contributed by atoms with Gasteiger partial charge in [-0.25, -0.2) is 0 Å². The van der Waals surface area contributed by atoms with E-state index >= 15 is 0 Å². The average molecular weight is 226 g/mol. The van der Waals surface area contributed by atoms with Gasteiger partial charge >= 0.3 is 5.97 Å². The summed E-state index contributed by atoms with van der Waals surface area (Å²) in [6.45, 7) is 1.59. The fraction of sp³-hybridized carbons (Fsp3) is 0.273. The number of benzene rings is 1. The molecule has 4 heteroatoms. The van der Waals surface area contributed by atoms with E-state index in [1.165, 1.54) is 0 Å². The van der Waals surface area contributed by atoms with E-state index in [0.717, 1.165) is 0 Å². The van der Waals surface area contributed by atoms with Crippen LogP contribution in [0.15, 0.2) is 24.3 Å². The Bertz CT molecular complexity index is 373. The van der Waals surface area contributed by atoms with Gasteiger partial charge in [0.15, 0.2) is 0 Å². The maximum Gasteiger partial charge on any atom is 0.306 e. The van der Waals surface area contributed by atoms with Crippen molar-refractivity contribution in [1.82, 2.24) is 0 Å². The summed E-state index contributed by atoms with van der Waals surface area (Å²) in [5.74, 6) is -1.41. The van der Waals surface area contributed by atoms with Crippen LogP contribution in [-0.4, -0.2) is 16.8 Å². The lowest BCUT2D eigenvalue weighted by atomic mass is 9.99. The van der Waals surface area contributed by atoms with E-state index in [1.54, 1.807) is 31.2 Å². The van der Waals surface area contributed by atoms with E-state index in [1.807, 2.05) is 0 Å². The van der Waals surface area contributed by atoms with Crippen molar-refractivity contribution in [3.05, 3.63) is 34.9 Å². The highest BCUT2D eigenvalue weighted by molar-refractivity contribution is 6.30. The summed E-state index contributed by atoms with van der Waals surface area (Å²) in [4.78, 5) is 10.6. The highest BCUT2D eigenvalue weighted by Gasteiger charge is 2.14. The number of halogens is 1. The van der Waals surface area contributed by atoms with Crippen molar-refractivity contribution >= 4 is 23.3 Å². The van der Waals surface area contributed by atoms with Crippen LogP contribution in [0, 0.1) is 11.3 Å². The number of carbonyl (C=O) groups is 1. The molecule has 0 amide bonds. The molecule has 1 atom stereocenters. The molecule has 0 aliphatic rings. The minimum atomic E-state index is -0.881. The summed E-state index contributed by atoms with van der Waals surface area (Å²) >= 11 is 5.71. The van der Waals surface area contributed by atoms with Crippen molar-refractivity contribution in [3.63, 3.8) is 0 Å². The van der Waals surface area contributed by atoms with E-state index in [2.05, 4.69) is 0 Å². The molecular weight excluding hydrogens is 214 g/mol. The molecule has 0 radical (unpaired) electrons. The summed E-state index contributed by atoms with van der Waals surface area (Å²) in [5.41, 5.74) is 1.04. The maximum absolute atomic E-state index is 10.6.